The van der Waals surface area contributed by atoms with Crippen LogP contribution in [0.15, 0.2) is 47.4 Å². The van der Waals surface area contributed by atoms with Crippen LogP contribution in [-0.4, -0.2) is 56.1 Å². The van der Waals surface area contributed by atoms with E-state index in [4.69, 9.17) is 4.74 Å². The second-order valence-corrected chi connectivity index (χ2v) is 9.93. The van der Waals surface area contributed by atoms with Crippen LogP contribution in [0.5, 0.6) is 5.75 Å². The minimum atomic E-state index is -3.68. The van der Waals surface area contributed by atoms with Crippen LogP contribution >= 0.6 is 11.8 Å². The van der Waals surface area contributed by atoms with Crippen molar-refractivity contribution < 1.29 is 22.7 Å². The zero-order valence-corrected chi connectivity index (χ0v) is 17.5. The Morgan fingerprint density at radius 2 is 1.72 bits per heavy atom. The summed E-state index contributed by atoms with van der Waals surface area (Å²) in [5.41, 5.74) is 1.40. The monoisotopic (exact) mass is 432 g/mol. The summed E-state index contributed by atoms with van der Waals surface area (Å²) in [6.45, 7) is 1.11. The van der Waals surface area contributed by atoms with E-state index in [1.807, 2.05) is 12.1 Å². The summed E-state index contributed by atoms with van der Waals surface area (Å²) in [5, 5.41) is 0. The fraction of sp³-hybridized carbons (Fsp3) is 0.300. The molecule has 9 heteroatoms. The Morgan fingerprint density at radius 3 is 2.38 bits per heavy atom. The fourth-order valence-corrected chi connectivity index (χ4v) is 6.05. The molecule has 0 atom stereocenters. The molecule has 1 amide bonds. The Bertz CT molecular complexity index is 1060. The smallest absolute Gasteiger partial charge is 0.299 e. The molecular weight excluding hydrogens is 412 g/mol. The molecular formula is C20H20N2O5S2. The quantitative estimate of drug-likeness (QED) is 0.674. The van der Waals surface area contributed by atoms with Gasteiger partial charge in [0.15, 0.2) is 0 Å². The van der Waals surface area contributed by atoms with Crippen LogP contribution in [0.4, 0.5) is 5.69 Å². The van der Waals surface area contributed by atoms with E-state index in [1.165, 1.54) is 21.3 Å². The second-order valence-electron chi connectivity index (χ2n) is 6.76. The van der Waals surface area contributed by atoms with E-state index in [9.17, 15) is 18.0 Å². The van der Waals surface area contributed by atoms with Crippen molar-refractivity contribution in [3.05, 3.63) is 53.6 Å². The van der Waals surface area contributed by atoms with Gasteiger partial charge in [0.2, 0.25) is 10.0 Å². The van der Waals surface area contributed by atoms with Crippen molar-refractivity contribution in [2.45, 2.75) is 11.4 Å². The van der Waals surface area contributed by atoms with Gasteiger partial charge in [0.25, 0.3) is 11.7 Å². The molecule has 7 nitrogen and oxygen atoms in total. The Hall–Kier alpha value is -2.36. The zero-order chi connectivity index (χ0) is 20.6. The molecule has 2 aromatic carbocycles. The maximum absolute atomic E-state index is 12.9. The summed E-state index contributed by atoms with van der Waals surface area (Å²) < 4.78 is 32.4. The molecule has 4 rings (SSSR count). The number of nitrogens with zero attached hydrogens (tertiary/aromatic N) is 2. The van der Waals surface area contributed by atoms with Gasteiger partial charge < -0.3 is 9.64 Å². The van der Waals surface area contributed by atoms with Crippen molar-refractivity contribution in [2.24, 2.45) is 0 Å². The van der Waals surface area contributed by atoms with Gasteiger partial charge in [-0.1, -0.05) is 12.1 Å². The molecule has 152 valence electrons. The summed E-state index contributed by atoms with van der Waals surface area (Å²) in [6.07, 6.45) is 0. The van der Waals surface area contributed by atoms with Crippen LogP contribution in [0.3, 0.4) is 0 Å². The highest BCUT2D eigenvalue weighted by Crippen LogP contribution is 2.33. The first-order valence-corrected chi connectivity index (χ1v) is 11.7. The standard InChI is InChI=1S/C20H20N2O5S2/c1-27-15-4-2-14(3-5-15)13-22-18-7-6-16(12-17(18)19(23)20(22)24)29(25,26)21-8-10-28-11-9-21/h2-7,12H,8-11,13H2,1H3. The van der Waals surface area contributed by atoms with Gasteiger partial charge in [0.1, 0.15) is 5.75 Å². The number of Topliss-reactive ketones (excluding diaryl/α,β-unsaturated/α-hetero) is 1. The number of ketones is 1. The number of sulfonamides is 1. The number of amides is 1. The van der Waals surface area contributed by atoms with Crippen molar-refractivity contribution in [1.82, 2.24) is 4.31 Å². The average molecular weight is 433 g/mol. The molecule has 2 aromatic rings. The SMILES string of the molecule is COc1ccc(CN2C(=O)C(=O)c3cc(S(=O)(=O)N4CCSCC4)ccc32)cc1. The highest BCUT2D eigenvalue weighted by Gasteiger charge is 2.37. The highest BCUT2D eigenvalue weighted by atomic mass is 32.2. The fourth-order valence-electron chi connectivity index (χ4n) is 3.45. The van der Waals surface area contributed by atoms with E-state index < -0.39 is 21.7 Å². The number of thioether (sulfide) groups is 1. The first-order chi connectivity index (χ1) is 13.9. The Kier molecular flexibility index (Phi) is 5.37. The number of carbonyl (C=O) groups is 2. The van der Waals surface area contributed by atoms with Crippen molar-refractivity contribution in [3.8, 4) is 5.75 Å². The summed E-state index contributed by atoms with van der Waals surface area (Å²) in [7, 11) is -2.11. The summed E-state index contributed by atoms with van der Waals surface area (Å²) in [5.74, 6) is 0.859. The molecule has 29 heavy (non-hydrogen) atoms. The molecule has 1 fully saturated rings. The average Bonchev–Trinajstić information content (AvgIpc) is 2.99. The molecule has 0 aromatic heterocycles. The van der Waals surface area contributed by atoms with Crippen LogP contribution in [0.2, 0.25) is 0 Å². The van der Waals surface area contributed by atoms with Crippen LogP contribution in [0, 0.1) is 0 Å². The second kappa shape index (κ2) is 7.81. The molecule has 0 saturated carbocycles. The molecule has 0 spiro atoms. The number of benzene rings is 2. The van der Waals surface area contributed by atoms with Gasteiger partial charge in [-0.25, -0.2) is 8.42 Å². The van der Waals surface area contributed by atoms with Gasteiger partial charge in [-0.2, -0.15) is 16.1 Å². The van der Waals surface area contributed by atoms with Gasteiger partial charge in [0.05, 0.1) is 29.8 Å². The maximum atomic E-state index is 12.9. The largest absolute Gasteiger partial charge is 0.497 e. The molecule has 0 bridgehead atoms. The molecule has 2 heterocycles. The third-order valence-electron chi connectivity index (χ3n) is 5.05. The number of fused-ring (bicyclic) bond motifs is 1. The zero-order valence-electron chi connectivity index (χ0n) is 15.8. The molecule has 0 radical (unpaired) electrons. The van der Waals surface area contributed by atoms with Gasteiger partial charge in [0, 0.05) is 24.6 Å². The molecule has 1 saturated heterocycles. The normalized spacial score (nSPS) is 17.5. The Balaban J connectivity index is 1.64. The van der Waals surface area contributed by atoms with Crippen LogP contribution in [0.25, 0.3) is 0 Å². The van der Waals surface area contributed by atoms with Gasteiger partial charge in [-0.15, -0.1) is 0 Å². The highest BCUT2D eigenvalue weighted by molar-refractivity contribution is 7.99. The maximum Gasteiger partial charge on any atom is 0.299 e. The first-order valence-electron chi connectivity index (χ1n) is 9.13. The van der Waals surface area contributed by atoms with E-state index in [0.29, 0.717) is 24.5 Å². The van der Waals surface area contributed by atoms with Crippen molar-refractivity contribution >= 4 is 39.2 Å². The van der Waals surface area contributed by atoms with E-state index in [1.54, 1.807) is 37.1 Å². The molecule has 0 aliphatic carbocycles. The molecule has 2 aliphatic heterocycles. The van der Waals surface area contributed by atoms with E-state index >= 15 is 0 Å². The van der Waals surface area contributed by atoms with Gasteiger partial charge in [-0.05, 0) is 35.9 Å². The summed E-state index contributed by atoms with van der Waals surface area (Å²) >= 11 is 1.71. The lowest BCUT2D eigenvalue weighted by Gasteiger charge is -2.25. The van der Waals surface area contributed by atoms with Gasteiger partial charge in [-0.3, -0.25) is 9.59 Å². The van der Waals surface area contributed by atoms with Crippen LogP contribution in [0.1, 0.15) is 15.9 Å². The lowest BCUT2D eigenvalue weighted by Crippen LogP contribution is -2.37. The summed E-state index contributed by atoms with van der Waals surface area (Å²) in [6, 6.07) is 11.6. The molecule has 0 unspecified atom stereocenters. The van der Waals surface area contributed by atoms with Crippen molar-refractivity contribution in [3.63, 3.8) is 0 Å². The number of carbonyl (C=O) groups excluding carboxylic acids is 2. The predicted octanol–water partition coefficient (Wildman–Crippen LogP) is 2.16. The number of hydrogen-bond donors (Lipinski definition) is 0. The number of anilines is 1. The van der Waals surface area contributed by atoms with Crippen molar-refractivity contribution in [1.29, 1.82) is 0 Å². The Morgan fingerprint density at radius 1 is 1.03 bits per heavy atom. The van der Waals surface area contributed by atoms with Crippen molar-refractivity contribution in [2.75, 3.05) is 36.6 Å². The number of ether oxygens (including phenoxy) is 1. The van der Waals surface area contributed by atoms with E-state index in [2.05, 4.69) is 0 Å². The predicted molar refractivity (Wildman–Crippen MR) is 111 cm³/mol. The third-order valence-corrected chi connectivity index (χ3v) is 7.89. The number of hydrogen-bond acceptors (Lipinski definition) is 6. The van der Waals surface area contributed by atoms with Gasteiger partial charge >= 0.3 is 0 Å². The Labute approximate surface area is 173 Å². The third kappa shape index (κ3) is 3.65. The lowest BCUT2D eigenvalue weighted by molar-refractivity contribution is -0.114. The van der Waals surface area contributed by atoms with Crippen LogP contribution in [-0.2, 0) is 21.4 Å². The first kappa shape index (κ1) is 19.9. The molecule has 2 aliphatic rings. The summed E-state index contributed by atoms with van der Waals surface area (Å²) in [4.78, 5) is 26.5. The molecule has 0 N–H and O–H groups in total. The topological polar surface area (TPSA) is 84.0 Å². The van der Waals surface area contributed by atoms with Crippen LogP contribution < -0.4 is 9.64 Å². The number of methoxy groups -OCH3 is 1. The van der Waals surface area contributed by atoms with E-state index in [-0.39, 0.29) is 17.0 Å². The van der Waals surface area contributed by atoms with E-state index in [0.717, 1.165) is 17.1 Å². The lowest BCUT2D eigenvalue weighted by atomic mass is 10.1. The number of rotatable bonds is 5. The minimum absolute atomic E-state index is 0.0515. The minimum Gasteiger partial charge on any atom is -0.497 e.